The molecular weight excluding hydrogens is 266 g/mol. The van der Waals surface area contributed by atoms with Crippen molar-refractivity contribution in [2.45, 2.75) is 13.8 Å². The number of methoxy groups -OCH3 is 2. The molecule has 0 saturated heterocycles. The third-order valence-electron chi connectivity index (χ3n) is 3.49. The highest BCUT2D eigenvalue weighted by Crippen LogP contribution is 2.23. The van der Waals surface area contributed by atoms with E-state index >= 15 is 0 Å². The molecular formula is C17H27NO3. The Morgan fingerprint density at radius 2 is 1.57 bits per heavy atom. The minimum atomic E-state index is -0.442. The summed E-state index contributed by atoms with van der Waals surface area (Å²) in [5, 5.41) is 0. The third-order valence-corrected chi connectivity index (χ3v) is 3.49. The minimum absolute atomic E-state index is 0.169. The zero-order valence-electron chi connectivity index (χ0n) is 13.6. The van der Waals surface area contributed by atoms with E-state index in [0.717, 1.165) is 18.7 Å². The number of benzene rings is 1. The molecule has 0 aromatic heterocycles. The van der Waals surface area contributed by atoms with Crippen LogP contribution >= 0.6 is 0 Å². The number of nitrogens with zero attached hydrogens (tertiary/aromatic N) is 1. The molecule has 21 heavy (non-hydrogen) atoms. The normalized spacial score (nSPS) is 11.9. The van der Waals surface area contributed by atoms with Gasteiger partial charge in [0, 0.05) is 44.8 Å². The van der Waals surface area contributed by atoms with Crippen molar-refractivity contribution >= 4 is 5.78 Å². The lowest BCUT2D eigenvalue weighted by molar-refractivity contribution is 0.0657. The monoisotopic (exact) mass is 293 g/mol. The molecule has 0 fully saturated rings. The summed E-state index contributed by atoms with van der Waals surface area (Å²) in [6.45, 7) is 7.58. The molecule has 0 aliphatic carbocycles. The summed E-state index contributed by atoms with van der Waals surface area (Å²) >= 11 is 0. The van der Waals surface area contributed by atoms with Crippen molar-refractivity contribution in [1.82, 2.24) is 4.90 Å². The van der Waals surface area contributed by atoms with Crippen LogP contribution in [-0.4, -0.2) is 57.8 Å². The molecule has 4 nitrogen and oxygen atoms in total. The number of ketones is 1. The number of ether oxygens (including phenoxy) is 2. The van der Waals surface area contributed by atoms with E-state index in [1.54, 1.807) is 14.2 Å². The minimum Gasteiger partial charge on any atom is -0.383 e. The summed E-state index contributed by atoms with van der Waals surface area (Å²) in [6, 6.07) is 9.47. The number of hydrogen-bond donors (Lipinski definition) is 0. The Morgan fingerprint density at radius 1 is 1.05 bits per heavy atom. The first-order chi connectivity index (χ1) is 10.0. The number of rotatable bonds is 10. The lowest BCUT2D eigenvalue weighted by Gasteiger charge is -2.31. The molecule has 0 aliphatic rings. The Bertz CT molecular complexity index is 409. The van der Waals surface area contributed by atoms with Gasteiger partial charge in [-0.2, -0.15) is 0 Å². The van der Waals surface area contributed by atoms with Crippen LogP contribution < -0.4 is 0 Å². The molecule has 0 bridgehead atoms. The standard InChI is InChI=1S/C17H27NO3/c1-17(2,16(19)15-8-6-5-7-9-15)14-18(10-12-20-3)11-13-21-4/h5-9H,10-14H2,1-4H3. The van der Waals surface area contributed by atoms with Crippen LogP contribution in [0.5, 0.6) is 0 Å². The van der Waals surface area contributed by atoms with Crippen LogP contribution in [0.3, 0.4) is 0 Å². The van der Waals surface area contributed by atoms with Gasteiger partial charge in [0.05, 0.1) is 13.2 Å². The van der Waals surface area contributed by atoms with Crippen LogP contribution in [0.15, 0.2) is 30.3 Å². The van der Waals surface area contributed by atoms with Gasteiger partial charge in [-0.3, -0.25) is 9.69 Å². The van der Waals surface area contributed by atoms with E-state index in [-0.39, 0.29) is 5.78 Å². The third kappa shape index (κ3) is 5.96. The number of hydrogen-bond acceptors (Lipinski definition) is 4. The lowest BCUT2D eigenvalue weighted by Crippen LogP contribution is -2.42. The van der Waals surface area contributed by atoms with E-state index in [1.165, 1.54) is 0 Å². The predicted octanol–water partition coefficient (Wildman–Crippen LogP) is 2.49. The first kappa shape index (κ1) is 17.8. The van der Waals surface area contributed by atoms with Crippen molar-refractivity contribution in [1.29, 1.82) is 0 Å². The molecule has 0 heterocycles. The summed E-state index contributed by atoms with van der Waals surface area (Å²) in [7, 11) is 3.38. The van der Waals surface area contributed by atoms with Crippen molar-refractivity contribution < 1.29 is 14.3 Å². The Hall–Kier alpha value is -1.23. The largest absolute Gasteiger partial charge is 0.383 e. The summed E-state index contributed by atoms with van der Waals surface area (Å²) in [4.78, 5) is 14.9. The number of carbonyl (C=O) groups excluding carboxylic acids is 1. The molecule has 0 spiro atoms. The van der Waals surface area contributed by atoms with Gasteiger partial charge in [0.1, 0.15) is 0 Å². The van der Waals surface area contributed by atoms with Crippen molar-refractivity contribution in [2.24, 2.45) is 5.41 Å². The van der Waals surface area contributed by atoms with Gasteiger partial charge < -0.3 is 9.47 Å². The molecule has 0 atom stereocenters. The summed E-state index contributed by atoms with van der Waals surface area (Å²) in [6.07, 6.45) is 0. The zero-order valence-corrected chi connectivity index (χ0v) is 13.6. The van der Waals surface area contributed by atoms with Gasteiger partial charge in [0.15, 0.2) is 5.78 Å². The Kier molecular flexibility index (Phi) is 7.57. The van der Waals surface area contributed by atoms with Crippen molar-refractivity contribution in [3.05, 3.63) is 35.9 Å². The molecule has 0 saturated carbocycles. The highest BCUT2D eigenvalue weighted by molar-refractivity contribution is 6.00. The van der Waals surface area contributed by atoms with Gasteiger partial charge in [-0.25, -0.2) is 0 Å². The second kappa shape index (κ2) is 8.93. The van der Waals surface area contributed by atoms with Gasteiger partial charge in [-0.05, 0) is 0 Å². The first-order valence-corrected chi connectivity index (χ1v) is 7.31. The average molecular weight is 293 g/mol. The second-order valence-corrected chi connectivity index (χ2v) is 5.84. The van der Waals surface area contributed by atoms with Crippen LogP contribution in [0.4, 0.5) is 0 Å². The van der Waals surface area contributed by atoms with Crippen LogP contribution in [0.2, 0.25) is 0 Å². The Morgan fingerprint density at radius 3 is 2.05 bits per heavy atom. The fraction of sp³-hybridized carbons (Fsp3) is 0.588. The lowest BCUT2D eigenvalue weighted by atomic mass is 9.83. The van der Waals surface area contributed by atoms with Gasteiger partial charge in [0.2, 0.25) is 0 Å². The molecule has 1 aromatic carbocycles. The number of Topliss-reactive ketones (excluding diaryl/α,β-unsaturated/α-hetero) is 1. The van der Waals surface area contributed by atoms with Crippen LogP contribution in [-0.2, 0) is 9.47 Å². The topological polar surface area (TPSA) is 38.8 Å². The summed E-state index contributed by atoms with van der Waals surface area (Å²) in [5.41, 5.74) is 0.323. The van der Waals surface area contributed by atoms with E-state index in [9.17, 15) is 4.79 Å². The predicted molar refractivity (Wildman–Crippen MR) is 84.7 cm³/mol. The molecule has 0 aliphatic heterocycles. The van der Waals surface area contributed by atoms with Gasteiger partial charge in [0.25, 0.3) is 0 Å². The highest BCUT2D eigenvalue weighted by atomic mass is 16.5. The van der Waals surface area contributed by atoms with Crippen LogP contribution in [0.25, 0.3) is 0 Å². The van der Waals surface area contributed by atoms with E-state index in [1.807, 2.05) is 44.2 Å². The maximum absolute atomic E-state index is 12.7. The molecule has 0 N–H and O–H groups in total. The smallest absolute Gasteiger partial charge is 0.169 e. The van der Waals surface area contributed by atoms with E-state index in [4.69, 9.17) is 9.47 Å². The maximum Gasteiger partial charge on any atom is 0.169 e. The van der Waals surface area contributed by atoms with Crippen molar-refractivity contribution in [3.8, 4) is 0 Å². The Labute approximate surface area is 128 Å². The molecule has 1 aromatic rings. The number of carbonyl (C=O) groups is 1. The van der Waals surface area contributed by atoms with E-state index < -0.39 is 5.41 Å². The molecule has 0 radical (unpaired) electrons. The average Bonchev–Trinajstić information content (AvgIpc) is 2.49. The van der Waals surface area contributed by atoms with Crippen molar-refractivity contribution in [3.63, 3.8) is 0 Å². The fourth-order valence-corrected chi connectivity index (χ4v) is 2.32. The maximum atomic E-state index is 12.7. The molecule has 0 unspecified atom stereocenters. The fourth-order valence-electron chi connectivity index (χ4n) is 2.32. The quantitative estimate of drug-likeness (QED) is 0.621. The SMILES string of the molecule is COCCN(CCOC)CC(C)(C)C(=O)c1ccccc1. The highest BCUT2D eigenvalue weighted by Gasteiger charge is 2.30. The van der Waals surface area contributed by atoms with Crippen molar-refractivity contribution in [2.75, 3.05) is 47.1 Å². The summed E-state index contributed by atoms with van der Waals surface area (Å²) in [5.74, 6) is 0.169. The molecule has 0 amide bonds. The zero-order chi connectivity index (χ0) is 15.7. The van der Waals surface area contributed by atoms with Gasteiger partial charge >= 0.3 is 0 Å². The van der Waals surface area contributed by atoms with E-state index in [0.29, 0.717) is 19.8 Å². The Balaban J connectivity index is 2.72. The molecule has 4 heteroatoms. The van der Waals surface area contributed by atoms with E-state index in [2.05, 4.69) is 4.90 Å². The summed E-state index contributed by atoms with van der Waals surface area (Å²) < 4.78 is 10.3. The van der Waals surface area contributed by atoms with Gasteiger partial charge in [-0.15, -0.1) is 0 Å². The molecule has 1 rings (SSSR count). The first-order valence-electron chi connectivity index (χ1n) is 7.31. The molecule has 118 valence electrons. The van der Waals surface area contributed by atoms with Crippen LogP contribution in [0.1, 0.15) is 24.2 Å². The van der Waals surface area contributed by atoms with Crippen LogP contribution in [0, 0.1) is 5.41 Å². The van der Waals surface area contributed by atoms with Gasteiger partial charge in [-0.1, -0.05) is 44.2 Å². The second-order valence-electron chi connectivity index (χ2n) is 5.84.